The Bertz CT molecular complexity index is 731. The Morgan fingerprint density at radius 2 is 2.00 bits per heavy atom. The predicted molar refractivity (Wildman–Crippen MR) is 78.9 cm³/mol. The summed E-state index contributed by atoms with van der Waals surface area (Å²) in [7, 11) is 0. The van der Waals surface area contributed by atoms with Gasteiger partial charge in [0, 0.05) is 22.7 Å². The van der Waals surface area contributed by atoms with Gasteiger partial charge in [0.2, 0.25) is 0 Å². The molecule has 108 valence electrons. The van der Waals surface area contributed by atoms with E-state index in [2.05, 4.69) is 5.32 Å². The van der Waals surface area contributed by atoms with E-state index >= 15 is 0 Å². The fraction of sp³-hybridized carbons (Fsp3) is 0.0714. The van der Waals surface area contributed by atoms with Crippen LogP contribution >= 0.6 is 11.6 Å². The Kier molecular flexibility index (Phi) is 4.09. The number of phenols is 1. The second-order valence-corrected chi connectivity index (χ2v) is 4.78. The van der Waals surface area contributed by atoms with Gasteiger partial charge in [0.05, 0.1) is 10.6 Å². The lowest BCUT2D eigenvalue weighted by atomic mass is 10.1. The van der Waals surface area contributed by atoms with Crippen LogP contribution < -0.4 is 5.32 Å². The second-order valence-electron chi connectivity index (χ2n) is 4.38. The van der Waals surface area contributed by atoms with Crippen molar-refractivity contribution < 1.29 is 14.8 Å². The van der Waals surface area contributed by atoms with Crippen molar-refractivity contribution in [3.63, 3.8) is 0 Å². The molecule has 0 heterocycles. The lowest BCUT2D eigenvalue weighted by Gasteiger charge is -2.08. The Labute approximate surface area is 125 Å². The number of nitrogens with zero attached hydrogens (tertiary/aromatic N) is 1. The zero-order chi connectivity index (χ0) is 15.6. The van der Waals surface area contributed by atoms with Gasteiger partial charge < -0.3 is 10.4 Å². The highest BCUT2D eigenvalue weighted by Crippen LogP contribution is 2.28. The minimum absolute atomic E-state index is 0.0261. The number of aromatic hydroxyl groups is 1. The minimum Gasteiger partial charge on any atom is -0.506 e. The molecule has 0 aromatic heterocycles. The van der Waals surface area contributed by atoms with Crippen molar-refractivity contribution in [3.8, 4) is 5.75 Å². The molecule has 21 heavy (non-hydrogen) atoms. The van der Waals surface area contributed by atoms with Crippen LogP contribution in [-0.4, -0.2) is 15.9 Å². The molecule has 0 radical (unpaired) electrons. The summed E-state index contributed by atoms with van der Waals surface area (Å²) in [5.41, 5.74) is 0.813. The van der Waals surface area contributed by atoms with E-state index in [1.54, 1.807) is 19.1 Å². The third-order valence-electron chi connectivity index (χ3n) is 2.86. The lowest BCUT2D eigenvalue weighted by Crippen LogP contribution is -2.12. The van der Waals surface area contributed by atoms with E-state index in [0.29, 0.717) is 10.6 Å². The van der Waals surface area contributed by atoms with E-state index in [4.69, 9.17) is 11.6 Å². The number of benzene rings is 2. The fourth-order valence-corrected chi connectivity index (χ4v) is 1.84. The van der Waals surface area contributed by atoms with E-state index in [0.717, 1.165) is 23.8 Å². The van der Waals surface area contributed by atoms with Crippen molar-refractivity contribution in [2.45, 2.75) is 6.92 Å². The number of carbonyl (C=O) groups excluding carboxylic acids is 1. The molecule has 2 aromatic rings. The number of carbonyl (C=O) groups is 1. The van der Waals surface area contributed by atoms with Gasteiger partial charge in [-0.05, 0) is 36.8 Å². The highest BCUT2D eigenvalue weighted by atomic mass is 35.5. The second kappa shape index (κ2) is 5.80. The fourth-order valence-electron chi connectivity index (χ4n) is 1.72. The number of aryl methyl sites for hydroxylation is 1. The van der Waals surface area contributed by atoms with Gasteiger partial charge >= 0.3 is 0 Å². The highest BCUT2D eigenvalue weighted by Gasteiger charge is 2.14. The molecule has 1 amide bonds. The van der Waals surface area contributed by atoms with E-state index < -0.39 is 10.8 Å². The molecular weight excluding hydrogens is 296 g/mol. The van der Waals surface area contributed by atoms with Gasteiger partial charge in [-0.15, -0.1) is 0 Å². The number of rotatable bonds is 3. The zero-order valence-corrected chi connectivity index (χ0v) is 11.7. The van der Waals surface area contributed by atoms with Crippen LogP contribution in [0.25, 0.3) is 0 Å². The Morgan fingerprint density at radius 3 is 2.62 bits per heavy atom. The number of amides is 1. The third kappa shape index (κ3) is 3.29. The number of hydrogen-bond acceptors (Lipinski definition) is 4. The van der Waals surface area contributed by atoms with Crippen molar-refractivity contribution in [2.24, 2.45) is 0 Å². The van der Waals surface area contributed by atoms with Crippen LogP contribution in [0.1, 0.15) is 15.9 Å². The van der Waals surface area contributed by atoms with Crippen LogP contribution in [0.2, 0.25) is 5.02 Å². The van der Waals surface area contributed by atoms with E-state index in [1.165, 1.54) is 6.07 Å². The number of hydrogen-bond donors (Lipinski definition) is 2. The van der Waals surface area contributed by atoms with Crippen LogP contribution in [0.3, 0.4) is 0 Å². The third-order valence-corrected chi connectivity index (χ3v) is 3.28. The molecule has 0 aliphatic carbocycles. The van der Waals surface area contributed by atoms with E-state index in [1.807, 2.05) is 0 Å². The normalized spacial score (nSPS) is 10.2. The first kappa shape index (κ1) is 14.8. The Hall–Kier alpha value is -2.60. The maximum atomic E-state index is 12.1. The van der Waals surface area contributed by atoms with Gasteiger partial charge in [0.15, 0.2) is 0 Å². The molecule has 6 nitrogen and oxygen atoms in total. The maximum Gasteiger partial charge on any atom is 0.271 e. The Morgan fingerprint density at radius 1 is 1.29 bits per heavy atom. The number of halogens is 1. The average molecular weight is 307 g/mol. The summed E-state index contributed by atoms with van der Waals surface area (Å²) < 4.78 is 0. The number of nitro benzene ring substituents is 1. The van der Waals surface area contributed by atoms with Gasteiger partial charge in [-0.1, -0.05) is 11.6 Å². The summed E-state index contributed by atoms with van der Waals surface area (Å²) in [6.07, 6.45) is 0. The van der Waals surface area contributed by atoms with Crippen LogP contribution in [0, 0.1) is 17.0 Å². The highest BCUT2D eigenvalue weighted by molar-refractivity contribution is 6.31. The van der Waals surface area contributed by atoms with Gasteiger partial charge in [0.1, 0.15) is 5.75 Å². The molecule has 2 rings (SSSR count). The first-order valence-corrected chi connectivity index (χ1v) is 6.31. The van der Waals surface area contributed by atoms with Crippen molar-refractivity contribution in [3.05, 3.63) is 62.7 Å². The van der Waals surface area contributed by atoms with Crippen molar-refractivity contribution in [1.29, 1.82) is 0 Å². The molecule has 0 aliphatic heterocycles. The first-order valence-electron chi connectivity index (χ1n) is 5.93. The molecule has 7 heteroatoms. The molecule has 0 saturated heterocycles. The molecule has 0 atom stereocenters. The average Bonchev–Trinajstić information content (AvgIpc) is 2.43. The SMILES string of the molecule is Cc1cc(C(=O)Nc2cc([N+](=O)[O-])ccc2O)ccc1Cl. The number of anilines is 1. The summed E-state index contributed by atoms with van der Waals surface area (Å²) in [5, 5.41) is 23.3. The topological polar surface area (TPSA) is 92.5 Å². The molecule has 0 aliphatic rings. The van der Waals surface area contributed by atoms with Crippen molar-refractivity contribution in [2.75, 3.05) is 5.32 Å². The summed E-state index contributed by atoms with van der Waals surface area (Å²) in [6, 6.07) is 8.10. The maximum absolute atomic E-state index is 12.1. The standard InChI is InChI=1S/C14H11ClN2O4/c1-8-6-9(2-4-11(8)15)14(19)16-12-7-10(17(20)21)3-5-13(12)18/h2-7,18H,1H3,(H,16,19). The quantitative estimate of drug-likeness (QED) is 0.515. The largest absolute Gasteiger partial charge is 0.506 e. The van der Waals surface area contributed by atoms with Gasteiger partial charge in [-0.3, -0.25) is 14.9 Å². The summed E-state index contributed by atoms with van der Waals surface area (Å²) >= 11 is 5.88. The molecule has 0 fully saturated rings. The molecule has 0 saturated carbocycles. The van der Waals surface area contributed by atoms with Gasteiger partial charge in [-0.25, -0.2) is 0 Å². The van der Waals surface area contributed by atoms with Crippen LogP contribution in [0.15, 0.2) is 36.4 Å². The van der Waals surface area contributed by atoms with Crippen molar-refractivity contribution in [1.82, 2.24) is 0 Å². The lowest BCUT2D eigenvalue weighted by molar-refractivity contribution is -0.384. The number of nitro groups is 1. The molecular formula is C14H11ClN2O4. The summed E-state index contributed by atoms with van der Waals surface area (Å²) in [5.74, 6) is -0.745. The van der Waals surface area contributed by atoms with Crippen LogP contribution in [-0.2, 0) is 0 Å². The predicted octanol–water partition coefficient (Wildman–Crippen LogP) is 3.51. The Balaban J connectivity index is 2.28. The van der Waals surface area contributed by atoms with E-state index in [9.17, 15) is 20.0 Å². The van der Waals surface area contributed by atoms with Crippen LogP contribution in [0.5, 0.6) is 5.75 Å². The van der Waals surface area contributed by atoms with Gasteiger partial charge in [-0.2, -0.15) is 0 Å². The number of nitrogens with one attached hydrogen (secondary N) is 1. The molecule has 0 unspecified atom stereocenters. The van der Waals surface area contributed by atoms with Crippen LogP contribution in [0.4, 0.5) is 11.4 Å². The van der Waals surface area contributed by atoms with Gasteiger partial charge in [0.25, 0.3) is 11.6 Å². The number of phenolic OH excluding ortho intramolecular Hbond substituents is 1. The minimum atomic E-state index is -0.610. The summed E-state index contributed by atoms with van der Waals surface area (Å²) in [6.45, 7) is 1.75. The van der Waals surface area contributed by atoms with E-state index in [-0.39, 0.29) is 17.1 Å². The summed E-state index contributed by atoms with van der Waals surface area (Å²) in [4.78, 5) is 22.2. The van der Waals surface area contributed by atoms with Crippen molar-refractivity contribution >= 4 is 28.9 Å². The molecule has 0 spiro atoms. The number of non-ortho nitro benzene ring substituents is 1. The molecule has 2 N–H and O–H groups in total. The zero-order valence-electron chi connectivity index (χ0n) is 11.0. The smallest absolute Gasteiger partial charge is 0.271 e. The monoisotopic (exact) mass is 306 g/mol. The molecule has 0 bridgehead atoms. The first-order chi connectivity index (χ1) is 9.88. The molecule has 2 aromatic carbocycles.